The number of hydrogen-bond acceptors (Lipinski definition) is 4. The van der Waals surface area contributed by atoms with Gasteiger partial charge < -0.3 is 4.90 Å². The molecule has 2 heterocycles. The average Bonchev–Trinajstić information content (AvgIpc) is 2.61. The van der Waals surface area contributed by atoms with Crippen LogP contribution in [0.3, 0.4) is 0 Å². The number of amides is 1. The first-order valence-corrected chi connectivity index (χ1v) is 8.45. The summed E-state index contributed by atoms with van der Waals surface area (Å²) >= 11 is 0. The van der Waals surface area contributed by atoms with Crippen molar-refractivity contribution in [3.63, 3.8) is 0 Å². The molecule has 0 bridgehead atoms. The first-order chi connectivity index (χ1) is 12.0. The summed E-state index contributed by atoms with van der Waals surface area (Å²) in [7, 11) is 0. The summed E-state index contributed by atoms with van der Waals surface area (Å²) in [5.41, 5.74) is 2.97. The maximum Gasteiger partial charge on any atom is 0.274 e. The van der Waals surface area contributed by atoms with Gasteiger partial charge >= 0.3 is 0 Å². The maximum absolute atomic E-state index is 12.9. The number of benzene rings is 1. The Hall–Kier alpha value is -2.82. The van der Waals surface area contributed by atoms with Crippen molar-refractivity contribution in [3.05, 3.63) is 65.9 Å². The van der Waals surface area contributed by atoms with Crippen LogP contribution in [-0.4, -0.2) is 32.3 Å². The number of carbonyl (C=O) groups is 1. The van der Waals surface area contributed by atoms with E-state index in [4.69, 9.17) is 0 Å². The molecule has 5 nitrogen and oxygen atoms in total. The predicted octanol–water partition coefficient (Wildman–Crippen LogP) is 3.63. The Labute approximate surface area is 147 Å². The van der Waals surface area contributed by atoms with Crippen LogP contribution in [0.25, 0.3) is 10.9 Å². The zero-order chi connectivity index (χ0) is 17.8. The summed E-state index contributed by atoms with van der Waals surface area (Å²) in [5.74, 6) is 0.235. The summed E-state index contributed by atoms with van der Waals surface area (Å²) < 4.78 is 0. The summed E-state index contributed by atoms with van der Waals surface area (Å²) in [6.07, 6.45) is 3.16. The summed E-state index contributed by atoms with van der Waals surface area (Å²) in [5, 5.41) is 1.09. The second kappa shape index (κ2) is 7.38. The second-order valence-corrected chi connectivity index (χ2v) is 6.62. The molecule has 0 saturated heterocycles. The molecule has 0 N–H and O–H groups in total. The lowest BCUT2D eigenvalue weighted by atomic mass is 10.1. The Morgan fingerprint density at radius 1 is 1.08 bits per heavy atom. The van der Waals surface area contributed by atoms with Gasteiger partial charge in [0.2, 0.25) is 0 Å². The van der Waals surface area contributed by atoms with E-state index in [1.54, 1.807) is 17.3 Å². The summed E-state index contributed by atoms with van der Waals surface area (Å²) in [4.78, 5) is 27.7. The molecule has 0 radical (unpaired) electrons. The first kappa shape index (κ1) is 17.0. The standard InChI is InChI=1S/C20H22N4O/c1-14(2)12-24(20(25)19-11-21-15(3)10-22-19)13-17-9-8-16-6-4-5-7-18(16)23-17/h4-11,14H,12-13H2,1-3H3. The SMILES string of the molecule is Cc1cnc(C(=O)N(Cc2ccc3ccccc3n2)CC(C)C)cn1. The quantitative estimate of drug-likeness (QED) is 0.715. The van der Waals surface area contributed by atoms with Crippen LogP contribution in [0.2, 0.25) is 0 Å². The van der Waals surface area contributed by atoms with Crippen LogP contribution in [-0.2, 0) is 6.54 Å². The van der Waals surface area contributed by atoms with Crippen LogP contribution in [0.1, 0.15) is 35.7 Å². The fourth-order valence-electron chi connectivity index (χ4n) is 2.72. The van der Waals surface area contributed by atoms with Crippen molar-refractivity contribution in [2.75, 3.05) is 6.54 Å². The molecule has 2 aromatic heterocycles. The second-order valence-electron chi connectivity index (χ2n) is 6.62. The highest BCUT2D eigenvalue weighted by atomic mass is 16.2. The molecule has 0 spiro atoms. The van der Waals surface area contributed by atoms with E-state index in [0.717, 1.165) is 22.3 Å². The fourth-order valence-corrected chi connectivity index (χ4v) is 2.72. The third kappa shape index (κ3) is 4.18. The molecule has 0 aliphatic carbocycles. The summed E-state index contributed by atoms with van der Waals surface area (Å²) in [6.45, 7) is 7.14. The molecular weight excluding hydrogens is 312 g/mol. The Bertz CT molecular complexity index is 874. The highest BCUT2D eigenvalue weighted by Gasteiger charge is 2.19. The lowest BCUT2D eigenvalue weighted by molar-refractivity contribution is 0.0714. The average molecular weight is 334 g/mol. The highest BCUT2D eigenvalue weighted by Crippen LogP contribution is 2.15. The first-order valence-electron chi connectivity index (χ1n) is 8.45. The molecule has 0 aliphatic heterocycles. The number of fused-ring (bicyclic) bond motifs is 1. The number of aryl methyl sites for hydroxylation is 1. The van der Waals surface area contributed by atoms with E-state index in [1.165, 1.54) is 0 Å². The van der Waals surface area contributed by atoms with Gasteiger partial charge in [0.05, 0.1) is 29.6 Å². The molecule has 0 unspecified atom stereocenters. The van der Waals surface area contributed by atoms with Crippen LogP contribution in [0.4, 0.5) is 0 Å². The minimum absolute atomic E-state index is 0.115. The molecule has 128 valence electrons. The number of hydrogen-bond donors (Lipinski definition) is 0. The van der Waals surface area contributed by atoms with Crippen molar-refractivity contribution in [1.29, 1.82) is 0 Å². The number of pyridine rings is 1. The number of carbonyl (C=O) groups excluding carboxylic acids is 1. The Morgan fingerprint density at radius 2 is 1.88 bits per heavy atom. The number of para-hydroxylation sites is 1. The van der Waals surface area contributed by atoms with Crippen molar-refractivity contribution in [2.24, 2.45) is 5.92 Å². The van der Waals surface area contributed by atoms with E-state index in [0.29, 0.717) is 24.7 Å². The van der Waals surface area contributed by atoms with Gasteiger partial charge in [-0.15, -0.1) is 0 Å². The molecule has 0 atom stereocenters. The molecule has 5 heteroatoms. The monoisotopic (exact) mass is 334 g/mol. The van der Waals surface area contributed by atoms with Gasteiger partial charge in [0.15, 0.2) is 0 Å². The van der Waals surface area contributed by atoms with E-state index >= 15 is 0 Å². The van der Waals surface area contributed by atoms with Crippen LogP contribution in [0.5, 0.6) is 0 Å². The summed E-state index contributed by atoms with van der Waals surface area (Å²) in [6, 6.07) is 12.0. The largest absolute Gasteiger partial charge is 0.331 e. The molecule has 0 aliphatic rings. The van der Waals surface area contributed by atoms with Gasteiger partial charge in [0.1, 0.15) is 5.69 Å². The van der Waals surface area contributed by atoms with E-state index in [1.807, 2.05) is 43.3 Å². The molecule has 0 fully saturated rings. The maximum atomic E-state index is 12.9. The topological polar surface area (TPSA) is 59.0 Å². The molecule has 1 aromatic carbocycles. The van der Waals surface area contributed by atoms with Gasteiger partial charge in [-0.25, -0.2) is 4.98 Å². The van der Waals surface area contributed by atoms with Crippen LogP contribution in [0.15, 0.2) is 48.8 Å². The lowest BCUT2D eigenvalue weighted by Crippen LogP contribution is -2.34. The molecule has 0 saturated carbocycles. The third-order valence-electron chi connectivity index (χ3n) is 3.88. The van der Waals surface area contributed by atoms with Crippen LogP contribution in [0, 0.1) is 12.8 Å². The van der Waals surface area contributed by atoms with E-state index < -0.39 is 0 Å². The number of aromatic nitrogens is 3. The van der Waals surface area contributed by atoms with Gasteiger partial charge in [0.25, 0.3) is 5.91 Å². The predicted molar refractivity (Wildman–Crippen MR) is 98.1 cm³/mol. The highest BCUT2D eigenvalue weighted by molar-refractivity contribution is 5.92. The van der Waals surface area contributed by atoms with Crippen LogP contribution >= 0.6 is 0 Å². The lowest BCUT2D eigenvalue weighted by Gasteiger charge is -2.24. The molecule has 25 heavy (non-hydrogen) atoms. The van der Waals surface area contributed by atoms with Crippen molar-refractivity contribution < 1.29 is 4.79 Å². The third-order valence-corrected chi connectivity index (χ3v) is 3.88. The smallest absolute Gasteiger partial charge is 0.274 e. The molecule has 3 rings (SSSR count). The molecule has 3 aromatic rings. The van der Waals surface area contributed by atoms with Gasteiger partial charge in [-0.3, -0.25) is 14.8 Å². The van der Waals surface area contributed by atoms with Gasteiger partial charge in [-0.05, 0) is 25.0 Å². The Kier molecular flexibility index (Phi) is 5.03. The van der Waals surface area contributed by atoms with E-state index in [-0.39, 0.29) is 5.91 Å². The van der Waals surface area contributed by atoms with Gasteiger partial charge in [0, 0.05) is 18.1 Å². The zero-order valence-electron chi connectivity index (χ0n) is 14.8. The number of rotatable bonds is 5. The van der Waals surface area contributed by atoms with Gasteiger partial charge in [-0.2, -0.15) is 0 Å². The van der Waals surface area contributed by atoms with Crippen molar-refractivity contribution in [1.82, 2.24) is 19.9 Å². The molecule has 1 amide bonds. The van der Waals surface area contributed by atoms with Gasteiger partial charge in [-0.1, -0.05) is 38.1 Å². The molecular formula is C20H22N4O. The van der Waals surface area contributed by atoms with E-state index in [9.17, 15) is 4.79 Å². The van der Waals surface area contributed by atoms with Crippen LogP contribution < -0.4 is 0 Å². The number of nitrogens with zero attached hydrogens (tertiary/aromatic N) is 4. The van der Waals surface area contributed by atoms with Crippen molar-refractivity contribution in [2.45, 2.75) is 27.3 Å². The minimum atomic E-state index is -0.115. The minimum Gasteiger partial charge on any atom is -0.331 e. The van der Waals surface area contributed by atoms with Crippen molar-refractivity contribution >= 4 is 16.8 Å². The van der Waals surface area contributed by atoms with E-state index in [2.05, 4.69) is 28.8 Å². The Balaban J connectivity index is 1.86. The van der Waals surface area contributed by atoms with Crippen molar-refractivity contribution in [3.8, 4) is 0 Å². The fraction of sp³-hybridized carbons (Fsp3) is 0.300. The normalized spacial score (nSPS) is 11.0. The Morgan fingerprint density at radius 3 is 2.60 bits per heavy atom. The zero-order valence-corrected chi connectivity index (χ0v) is 14.8.